The number of hydrogen-bond donors (Lipinski definition) is 4. The molecule has 0 aromatic heterocycles. The van der Waals surface area contributed by atoms with Crippen LogP contribution in [0.3, 0.4) is 0 Å². The number of aliphatic carboxylic acids is 1. The molecule has 1 aromatic carbocycles. The van der Waals surface area contributed by atoms with Gasteiger partial charge in [0.25, 0.3) is 0 Å². The number of amides is 2. The second-order valence-electron chi connectivity index (χ2n) is 3.75. The lowest BCUT2D eigenvalue weighted by Gasteiger charge is -2.17. The van der Waals surface area contributed by atoms with Gasteiger partial charge in [-0.1, -0.05) is 17.7 Å². The Morgan fingerprint density at radius 3 is 2.53 bits per heavy atom. The maximum Gasteiger partial charge on any atom is 0.328 e. The van der Waals surface area contributed by atoms with Gasteiger partial charge in [-0.25, -0.2) is 14.0 Å². The first-order valence-corrected chi connectivity index (χ1v) is 5.63. The van der Waals surface area contributed by atoms with E-state index in [0.29, 0.717) is 0 Å². The van der Waals surface area contributed by atoms with Crippen LogP contribution in [-0.2, 0) is 4.79 Å². The average Bonchev–Trinajstić information content (AvgIpc) is 2.30. The average molecular weight is 291 g/mol. The molecule has 1 rings (SSSR count). The number of anilines is 1. The predicted octanol–water partition coefficient (Wildman–Crippen LogP) is 1.43. The standard InChI is InChI=1S/C11H12ClFN2O4/c1-5(16)8(10(17)18)14-11(19)15-9-6(12)3-2-4-7(9)13/h2-5,8,16H,1H3,(H,17,18)(H2,14,15,19)/t5-,8+/m1/s1. The summed E-state index contributed by atoms with van der Waals surface area (Å²) >= 11 is 5.69. The fourth-order valence-electron chi connectivity index (χ4n) is 1.30. The number of hydrogen-bond acceptors (Lipinski definition) is 3. The summed E-state index contributed by atoms with van der Waals surface area (Å²) in [6.45, 7) is 1.20. The van der Waals surface area contributed by atoms with Gasteiger partial charge in [0.15, 0.2) is 6.04 Å². The highest BCUT2D eigenvalue weighted by Crippen LogP contribution is 2.24. The predicted molar refractivity (Wildman–Crippen MR) is 66.7 cm³/mol. The molecule has 1 aromatic rings. The molecule has 4 N–H and O–H groups in total. The van der Waals surface area contributed by atoms with Gasteiger partial charge in [-0.3, -0.25) is 0 Å². The lowest BCUT2D eigenvalue weighted by atomic mass is 10.2. The molecule has 0 unspecified atom stereocenters. The zero-order valence-electron chi connectivity index (χ0n) is 9.85. The van der Waals surface area contributed by atoms with E-state index in [9.17, 15) is 19.1 Å². The second kappa shape index (κ2) is 6.35. The summed E-state index contributed by atoms with van der Waals surface area (Å²) in [4.78, 5) is 22.3. The largest absolute Gasteiger partial charge is 0.480 e. The molecule has 0 bridgehead atoms. The monoisotopic (exact) mass is 290 g/mol. The van der Waals surface area contributed by atoms with Gasteiger partial charge in [-0.15, -0.1) is 0 Å². The minimum Gasteiger partial charge on any atom is -0.480 e. The third-order valence-electron chi connectivity index (χ3n) is 2.24. The number of nitrogens with one attached hydrogen (secondary N) is 2. The van der Waals surface area contributed by atoms with Crippen LogP contribution >= 0.6 is 11.6 Å². The Balaban J connectivity index is 2.78. The van der Waals surface area contributed by atoms with Crippen molar-refractivity contribution < 1.29 is 24.2 Å². The van der Waals surface area contributed by atoms with Crippen molar-refractivity contribution in [2.75, 3.05) is 5.32 Å². The second-order valence-corrected chi connectivity index (χ2v) is 4.16. The molecule has 0 fully saturated rings. The van der Waals surface area contributed by atoms with Crippen molar-refractivity contribution in [2.45, 2.75) is 19.1 Å². The zero-order chi connectivity index (χ0) is 14.6. The van der Waals surface area contributed by atoms with E-state index in [2.05, 4.69) is 5.32 Å². The van der Waals surface area contributed by atoms with Crippen molar-refractivity contribution in [1.29, 1.82) is 0 Å². The Morgan fingerprint density at radius 2 is 2.05 bits per heavy atom. The van der Waals surface area contributed by atoms with Gasteiger partial charge in [0, 0.05) is 0 Å². The van der Waals surface area contributed by atoms with Gasteiger partial charge in [0.1, 0.15) is 5.82 Å². The van der Waals surface area contributed by atoms with Crippen LogP contribution < -0.4 is 10.6 Å². The fraction of sp³-hybridized carbons (Fsp3) is 0.273. The summed E-state index contributed by atoms with van der Waals surface area (Å²) in [6, 6.07) is 1.32. The van der Waals surface area contributed by atoms with Crippen LogP contribution in [0.4, 0.5) is 14.9 Å². The van der Waals surface area contributed by atoms with Crippen molar-refractivity contribution in [2.24, 2.45) is 0 Å². The number of aliphatic hydroxyl groups is 1. The van der Waals surface area contributed by atoms with Crippen LogP contribution in [0, 0.1) is 5.82 Å². The number of benzene rings is 1. The van der Waals surface area contributed by atoms with Crippen LogP contribution in [0.5, 0.6) is 0 Å². The Labute approximate surface area is 113 Å². The van der Waals surface area contributed by atoms with E-state index in [4.69, 9.17) is 16.7 Å². The lowest BCUT2D eigenvalue weighted by Crippen LogP contribution is -2.49. The SMILES string of the molecule is C[C@@H](O)[C@H](NC(=O)Nc1c(F)cccc1Cl)C(=O)O. The van der Waals surface area contributed by atoms with E-state index < -0.39 is 30.0 Å². The molecule has 0 spiro atoms. The van der Waals surface area contributed by atoms with Gasteiger partial charge >= 0.3 is 12.0 Å². The van der Waals surface area contributed by atoms with Crippen LogP contribution in [0.25, 0.3) is 0 Å². The molecular formula is C11H12ClFN2O4. The Bertz CT molecular complexity index is 475. The first kappa shape index (κ1) is 15.2. The molecule has 0 aliphatic rings. The summed E-state index contributed by atoms with van der Waals surface area (Å²) in [6.07, 6.45) is -1.31. The topological polar surface area (TPSA) is 98.7 Å². The summed E-state index contributed by atoms with van der Waals surface area (Å²) < 4.78 is 13.4. The zero-order valence-corrected chi connectivity index (χ0v) is 10.6. The quantitative estimate of drug-likeness (QED) is 0.674. The molecule has 104 valence electrons. The number of aliphatic hydroxyl groups excluding tert-OH is 1. The molecular weight excluding hydrogens is 279 g/mol. The molecule has 0 aliphatic heterocycles. The van der Waals surface area contributed by atoms with Crippen LogP contribution in [0.15, 0.2) is 18.2 Å². The smallest absolute Gasteiger partial charge is 0.328 e. The van der Waals surface area contributed by atoms with E-state index in [-0.39, 0.29) is 10.7 Å². The number of carbonyl (C=O) groups excluding carboxylic acids is 1. The summed E-state index contributed by atoms with van der Waals surface area (Å²) in [5.41, 5.74) is -0.267. The number of carbonyl (C=O) groups is 2. The third-order valence-corrected chi connectivity index (χ3v) is 2.55. The first-order valence-electron chi connectivity index (χ1n) is 5.25. The van der Waals surface area contributed by atoms with Gasteiger partial charge in [0.05, 0.1) is 16.8 Å². The van der Waals surface area contributed by atoms with Crippen LogP contribution in [-0.4, -0.2) is 34.4 Å². The minimum absolute atomic E-state index is 0.0286. The molecule has 0 heterocycles. The molecule has 0 saturated carbocycles. The minimum atomic E-state index is -1.51. The van der Waals surface area contributed by atoms with E-state index in [1.165, 1.54) is 19.1 Å². The maximum absolute atomic E-state index is 13.4. The summed E-state index contributed by atoms with van der Waals surface area (Å²) in [5, 5.41) is 22.0. The number of urea groups is 1. The van der Waals surface area contributed by atoms with E-state index in [0.717, 1.165) is 6.07 Å². The van der Waals surface area contributed by atoms with Crippen molar-refractivity contribution in [3.8, 4) is 0 Å². The first-order chi connectivity index (χ1) is 8.82. The molecule has 0 saturated heterocycles. The highest BCUT2D eigenvalue weighted by molar-refractivity contribution is 6.33. The fourth-order valence-corrected chi connectivity index (χ4v) is 1.51. The normalized spacial score (nSPS) is 13.5. The van der Waals surface area contributed by atoms with Crippen molar-refractivity contribution in [3.05, 3.63) is 29.0 Å². The molecule has 0 aliphatic carbocycles. The third kappa shape index (κ3) is 4.08. The van der Waals surface area contributed by atoms with E-state index in [1.807, 2.05) is 5.32 Å². The van der Waals surface area contributed by atoms with Crippen molar-refractivity contribution in [3.63, 3.8) is 0 Å². The van der Waals surface area contributed by atoms with Gasteiger partial charge < -0.3 is 20.8 Å². The van der Waals surface area contributed by atoms with E-state index in [1.54, 1.807) is 0 Å². The molecule has 19 heavy (non-hydrogen) atoms. The maximum atomic E-state index is 13.4. The molecule has 8 heteroatoms. The van der Waals surface area contributed by atoms with Gasteiger partial charge in [-0.2, -0.15) is 0 Å². The number of carboxylic acid groups (broad SMARTS) is 1. The molecule has 6 nitrogen and oxygen atoms in total. The molecule has 0 radical (unpaired) electrons. The summed E-state index contributed by atoms with van der Waals surface area (Å²) in [5.74, 6) is -2.17. The molecule has 2 atom stereocenters. The Kier molecular flexibility index (Phi) is 5.08. The van der Waals surface area contributed by atoms with Crippen LogP contribution in [0.2, 0.25) is 5.02 Å². The summed E-state index contributed by atoms with van der Waals surface area (Å²) in [7, 11) is 0. The highest BCUT2D eigenvalue weighted by atomic mass is 35.5. The van der Waals surface area contributed by atoms with Gasteiger partial charge in [0.2, 0.25) is 0 Å². The number of halogens is 2. The van der Waals surface area contributed by atoms with Crippen molar-refractivity contribution in [1.82, 2.24) is 5.32 Å². The Morgan fingerprint density at radius 1 is 1.42 bits per heavy atom. The highest BCUT2D eigenvalue weighted by Gasteiger charge is 2.25. The van der Waals surface area contributed by atoms with Crippen LogP contribution in [0.1, 0.15) is 6.92 Å². The Hall–Kier alpha value is -1.86. The van der Waals surface area contributed by atoms with E-state index >= 15 is 0 Å². The number of para-hydroxylation sites is 1. The van der Waals surface area contributed by atoms with Gasteiger partial charge in [-0.05, 0) is 19.1 Å². The van der Waals surface area contributed by atoms with Crippen molar-refractivity contribution >= 4 is 29.3 Å². The number of carboxylic acids is 1. The number of rotatable bonds is 4. The molecule has 2 amide bonds. The lowest BCUT2D eigenvalue weighted by molar-refractivity contribution is -0.141.